The van der Waals surface area contributed by atoms with Crippen LogP contribution in [0.4, 0.5) is 11.6 Å². The zero-order valence-corrected chi connectivity index (χ0v) is 14.4. The molecule has 0 amide bonds. The van der Waals surface area contributed by atoms with Crippen LogP contribution in [0, 0.1) is 0 Å². The summed E-state index contributed by atoms with van der Waals surface area (Å²) in [5.41, 5.74) is 2.71. The Kier molecular flexibility index (Phi) is 3.68. The summed E-state index contributed by atoms with van der Waals surface area (Å²) in [5.74, 6) is 1.20. The van der Waals surface area contributed by atoms with E-state index in [4.69, 9.17) is 4.42 Å². The van der Waals surface area contributed by atoms with Gasteiger partial charge in [0, 0.05) is 11.3 Å². The highest BCUT2D eigenvalue weighted by atomic mass is 16.3. The van der Waals surface area contributed by atoms with Crippen LogP contribution in [0.25, 0.3) is 28.3 Å². The molecule has 2 N–H and O–H groups in total. The van der Waals surface area contributed by atoms with Crippen molar-refractivity contribution < 1.29 is 4.42 Å². The molecule has 5 aromatic rings. The van der Waals surface area contributed by atoms with E-state index in [1.807, 2.05) is 48.5 Å². The van der Waals surface area contributed by atoms with Crippen LogP contribution < -0.4 is 11.0 Å². The fourth-order valence-electron chi connectivity index (χ4n) is 2.95. The Morgan fingerprint density at radius 3 is 2.89 bits per heavy atom. The Morgan fingerprint density at radius 1 is 1.07 bits per heavy atom. The van der Waals surface area contributed by atoms with Crippen molar-refractivity contribution in [3.05, 3.63) is 77.9 Å². The lowest BCUT2D eigenvalue weighted by Crippen LogP contribution is -2.18. The van der Waals surface area contributed by atoms with Crippen LogP contribution >= 0.6 is 0 Å². The second-order valence-corrected chi connectivity index (χ2v) is 5.96. The predicted octanol–water partition coefficient (Wildman–Crippen LogP) is 2.90. The molecule has 0 aliphatic carbocycles. The van der Waals surface area contributed by atoms with E-state index in [0.29, 0.717) is 22.7 Å². The van der Waals surface area contributed by atoms with Crippen molar-refractivity contribution in [3.8, 4) is 17.3 Å². The first-order chi connectivity index (χ1) is 13.8. The summed E-state index contributed by atoms with van der Waals surface area (Å²) in [5, 5.41) is 3.13. The molecule has 5 rings (SSSR count). The normalized spacial score (nSPS) is 11.0. The maximum atomic E-state index is 12.4. The van der Waals surface area contributed by atoms with E-state index in [0.717, 1.165) is 11.3 Å². The number of H-pyrrole nitrogens is 1. The fraction of sp³-hybridized carbons (Fsp3) is 0. The number of aromatic amines is 1. The van der Waals surface area contributed by atoms with Gasteiger partial charge in [0.15, 0.2) is 12.2 Å². The van der Waals surface area contributed by atoms with E-state index in [2.05, 4.69) is 30.2 Å². The first kappa shape index (κ1) is 15.9. The monoisotopic (exact) mass is 371 g/mol. The minimum Gasteiger partial charge on any atom is -0.444 e. The second kappa shape index (κ2) is 6.47. The summed E-state index contributed by atoms with van der Waals surface area (Å²) in [6.45, 7) is 0. The molecule has 0 spiro atoms. The minimum absolute atomic E-state index is 0.228. The van der Waals surface area contributed by atoms with Crippen LogP contribution in [0.5, 0.6) is 0 Å². The van der Waals surface area contributed by atoms with Gasteiger partial charge < -0.3 is 14.7 Å². The van der Waals surface area contributed by atoms with E-state index in [9.17, 15) is 4.79 Å². The number of oxazole rings is 1. The van der Waals surface area contributed by atoms with Gasteiger partial charge in [-0.25, -0.2) is 24.3 Å². The molecular formula is C19H13N7O2. The van der Waals surface area contributed by atoms with Crippen molar-refractivity contribution in [2.45, 2.75) is 0 Å². The number of hydrogen-bond donors (Lipinski definition) is 2. The number of imidazole rings is 1. The molecule has 0 atom stereocenters. The zero-order valence-electron chi connectivity index (χ0n) is 14.4. The first-order valence-corrected chi connectivity index (χ1v) is 8.43. The van der Waals surface area contributed by atoms with Crippen LogP contribution in [0.3, 0.4) is 0 Å². The molecular weight excluding hydrogens is 358 g/mol. The van der Waals surface area contributed by atoms with Gasteiger partial charge in [0.1, 0.15) is 6.33 Å². The van der Waals surface area contributed by atoms with Crippen molar-refractivity contribution in [1.29, 1.82) is 0 Å². The van der Waals surface area contributed by atoms with Crippen LogP contribution in [0.1, 0.15) is 0 Å². The molecule has 0 fully saturated rings. The van der Waals surface area contributed by atoms with E-state index in [1.54, 1.807) is 6.20 Å². The molecule has 136 valence electrons. The third-order valence-electron chi connectivity index (χ3n) is 4.18. The summed E-state index contributed by atoms with van der Waals surface area (Å²) >= 11 is 0. The van der Waals surface area contributed by atoms with Gasteiger partial charge in [0.2, 0.25) is 11.9 Å². The standard InChI is InChI=1S/C19H13N7O2/c27-19-24-14-6-1-2-7-15(14)26(19)18-22-10-21-17(25-18)23-13-5-3-4-12(8-13)16-9-20-11-28-16/h1-11H,(H,24,27)(H,21,22,23,25). The van der Waals surface area contributed by atoms with Crippen LogP contribution in [-0.2, 0) is 0 Å². The van der Waals surface area contributed by atoms with Gasteiger partial charge in [-0.05, 0) is 24.3 Å². The molecule has 9 nitrogen and oxygen atoms in total. The quantitative estimate of drug-likeness (QED) is 0.499. The number of anilines is 2. The van der Waals surface area contributed by atoms with Gasteiger partial charge >= 0.3 is 5.69 Å². The summed E-state index contributed by atoms with van der Waals surface area (Å²) < 4.78 is 6.74. The van der Waals surface area contributed by atoms with Gasteiger partial charge in [-0.15, -0.1) is 0 Å². The number of rotatable bonds is 4. The highest BCUT2D eigenvalue weighted by molar-refractivity contribution is 5.76. The number of nitrogens with one attached hydrogen (secondary N) is 2. The molecule has 3 aromatic heterocycles. The Hall–Kier alpha value is -4.27. The summed E-state index contributed by atoms with van der Waals surface area (Å²) in [7, 11) is 0. The molecule has 28 heavy (non-hydrogen) atoms. The van der Waals surface area contributed by atoms with Crippen LogP contribution in [-0.4, -0.2) is 29.5 Å². The van der Waals surface area contributed by atoms with Crippen LogP contribution in [0.15, 0.2) is 76.7 Å². The van der Waals surface area contributed by atoms with Crippen molar-refractivity contribution in [1.82, 2.24) is 29.5 Å². The van der Waals surface area contributed by atoms with Crippen LogP contribution in [0.2, 0.25) is 0 Å². The lowest BCUT2D eigenvalue weighted by molar-refractivity contribution is 0.572. The Balaban J connectivity index is 1.51. The van der Waals surface area contributed by atoms with E-state index < -0.39 is 0 Å². The average molecular weight is 371 g/mol. The van der Waals surface area contributed by atoms with E-state index >= 15 is 0 Å². The third kappa shape index (κ3) is 2.80. The summed E-state index contributed by atoms with van der Waals surface area (Å²) in [4.78, 5) is 31.8. The number of para-hydroxylation sites is 2. The summed E-state index contributed by atoms with van der Waals surface area (Å²) in [6, 6.07) is 14.9. The first-order valence-electron chi connectivity index (χ1n) is 8.43. The van der Waals surface area contributed by atoms with E-state index in [1.165, 1.54) is 17.3 Å². The number of benzene rings is 2. The largest absolute Gasteiger partial charge is 0.444 e. The van der Waals surface area contributed by atoms with Gasteiger partial charge in [-0.2, -0.15) is 4.98 Å². The molecule has 3 heterocycles. The SMILES string of the molecule is O=c1[nH]c2ccccc2n1-c1ncnc(Nc2cccc(-c3cnco3)c2)n1. The molecule has 9 heteroatoms. The molecule has 0 saturated heterocycles. The van der Waals surface area contributed by atoms with Gasteiger partial charge in [-0.3, -0.25) is 0 Å². The van der Waals surface area contributed by atoms with E-state index in [-0.39, 0.29) is 11.6 Å². The van der Waals surface area contributed by atoms with Crippen molar-refractivity contribution in [2.75, 3.05) is 5.32 Å². The van der Waals surface area contributed by atoms with Gasteiger partial charge in [-0.1, -0.05) is 24.3 Å². The third-order valence-corrected chi connectivity index (χ3v) is 4.18. The maximum absolute atomic E-state index is 12.4. The highest BCUT2D eigenvalue weighted by Crippen LogP contribution is 2.23. The maximum Gasteiger partial charge on any atom is 0.333 e. The number of nitrogens with zero attached hydrogens (tertiary/aromatic N) is 5. The molecule has 0 saturated carbocycles. The molecule has 0 aliphatic rings. The molecule has 0 unspecified atom stereocenters. The molecule has 0 radical (unpaired) electrons. The summed E-state index contributed by atoms with van der Waals surface area (Å²) in [6.07, 6.45) is 4.38. The molecule has 2 aromatic carbocycles. The molecule has 0 bridgehead atoms. The fourth-order valence-corrected chi connectivity index (χ4v) is 2.95. The van der Waals surface area contributed by atoms with Crippen molar-refractivity contribution in [3.63, 3.8) is 0 Å². The Morgan fingerprint density at radius 2 is 2.00 bits per heavy atom. The smallest absolute Gasteiger partial charge is 0.333 e. The average Bonchev–Trinajstić information content (AvgIpc) is 3.35. The number of aromatic nitrogens is 6. The number of fused-ring (bicyclic) bond motifs is 1. The highest BCUT2D eigenvalue weighted by Gasteiger charge is 2.12. The van der Waals surface area contributed by atoms with Gasteiger partial charge in [0.05, 0.1) is 17.2 Å². The Labute approximate surface area is 157 Å². The molecule has 0 aliphatic heterocycles. The number of hydrogen-bond acceptors (Lipinski definition) is 7. The van der Waals surface area contributed by atoms with Crippen molar-refractivity contribution >= 4 is 22.7 Å². The lowest BCUT2D eigenvalue weighted by Gasteiger charge is -2.07. The Bertz CT molecular complexity index is 1320. The predicted molar refractivity (Wildman–Crippen MR) is 103 cm³/mol. The second-order valence-electron chi connectivity index (χ2n) is 5.96. The minimum atomic E-state index is -0.314. The zero-order chi connectivity index (χ0) is 18.9. The lowest BCUT2D eigenvalue weighted by atomic mass is 10.1. The van der Waals surface area contributed by atoms with Gasteiger partial charge in [0.25, 0.3) is 0 Å². The topological polar surface area (TPSA) is 115 Å². The van der Waals surface area contributed by atoms with Crippen molar-refractivity contribution in [2.24, 2.45) is 0 Å².